The van der Waals surface area contributed by atoms with Crippen molar-refractivity contribution in [2.45, 2.75) is 24.3 Å². The second-order valence-electron chi connectivity index (χ2n) is 3.53. The van der Waals surface area contributed by atoms with Gasteiger partial charge in [0.25, 0.3) is 0 Å². The van der Waals surface area contributed by atoms with Gasteiger partial charge in [0, 0.05) is 6.04 Å². The zero-order chi connectivity index (χ0) is 10.2. The molecule has 0 radical (unpaired) electrons. The number of benzene rings is 1. The van der Waals surface area contributed by atoms with Crippen LogP contribution in [0.4, 0.5) is 5.69 Å². The Kier molecular flexibility index (Phi) is 2.23. The van der Waals surface area contributed by atoms with Crippen molar-refractivity contribution in [2.24, 2.45) is 0 Å². The number of sulfone groups is 1. The average molecular weight is 211 g/mol. The molecule has 76 valence electrons. The van der Waals surface area contributed by atoms with E-state index in [2.05, 4.69) is 5.32 Å². The largest absolute Gasteiger partial charge is 0.380 e. The fourth-order valence-electron chi connectivity index (χ4n) is 1.69. The van der Waals surface area contributed by atoms with Crippen LogP contribution >= 0.6 is 0 Å². The van der Waals surface area contributed by atoms with Gasteiger partial charge in [0.1, 0.15) is 0 Å². The van der Waals surface area contributed by atoms with E-state index in [0.29, 0.717) is 4.90 Å². The summed E-state index contributed by atoms with van der Waals surface area (Å²) in [6.07, 6.45) is 0.827. The van der Waals surface area contributed by atoms with Crippen LogP contribution in [0.1, 0.15) is 13.3 Å². The van der Waals surface area contributed by atoms with Gasteiger partial charge in [-0.2, -0.15) is 0 Å². The van der Waals surface area contributed by atoms with Crippen LogP contribution < -0.4 is 5.32 Å². The summed E-state index contributed by atoms with van der Waals surface area (Å²) in [7, 11) is -3.07. The zero-order valence-corrected chi connectivity index (χ0v) is 8.84. The van der Waals surface area contributed by atoms with Gasteiger partial charge in [0.05, 0.1) is 16.3 Å². The summed E-state index contributed by atoms with van der Waals surface area (Å²) >= 11 is 0. The molecule has 0 bridgehead atoms. The van der Waals surface area contributed by atoms with Crippen molar-refractivity contribution in [3.8, 4) is 0 Å². The Labute approximate surface area is 84.1 Å². The molecule has 1 atom stereocenters. The van der Waals surface area contributed by atoms with Gasteiger partial charge in [-0.1, -0.05) is 19.1 Å². The second-order valence-corrected chi connectivity index (χ2v) is 5.53. The van der Waals surface area contributed by atoms with Crippen LogP contribution in [0.15, 0.2) is 29.2 Å². The minimum Gasteiger partial charge on any atom is -0.380 e. The van der Waals surface area contributed by atoms with E-state index in [-0.39, 0.29) is 11.8 Å². The van der Waals surface area contributed by atoms with Crippen LogP contribution in [0.25, 0.3) is 0 Å². The minimum atomic E-state index is -3.07. The number of hydrogen-bond donors (Lipinski definition) is 1. The van der Waals surface area contributed by atoms with Crippen LogP contribution in [0, 0.1) is 0 Å². The maximum Gasteiger partial charge on any atom is 0.182 e. The second kappa shape index (κ2) is 3.28. The molecule has 0 aliphatic carbocycles. The fraction of sp³-hybridized carbons (Fsp3) is 0.400. The Balaban J connectivity index is 2.53. The van der Waals surface area contributed by atoms with Gasteiger partial charge < -0.3 is 5.32 Å². The molecule has 0 fully saturated rings. The first-order valence-electron chi connectivity index (χ1n) is 4.72. The van der Waals surface area contributed by atoms with E-state index in [4.69, 9.17) is 0 Å². The van der Waals surface area contributed by atoms with Gasteiger partial charge in [-0.3, -0.25) is 0 Å². The quantitative estimate of drug-likeness (QED) is 0.768. The molecule has 3 nitrogen and oxygen atoms in total. The molecule has 14 heavy (non-hydrogen) atoms. The SMILES string of the molecule is CCC1CS(=O)(=O)c2ccccc2N1. The summed E-state index contributed by atoms with van der Waals surface area (Å²) in [6.45, 7) is 1.99. The van der Waals surface area contributed by atoms with Crippen molar-refractivity contribution in [1.29, 1.82) is 0 Å². The summed E-state index contributed by atoms with van der Waals surface area (Å²) in [6, 6.07) is 7.12. The van der Waals surface area contributed by atoms with E-state index >= 15 is 0 Å². The summed E-state index contributed by atoms with van der Waals surface area (Å²) in [4.78, 5) is 0.435. The van der Waals surface area contributed by atoms with Crippen LogP contribution in [0.3, 0.4) is 0 Å². The lowest BCUT2D eigenvalue weighted by atomic mass is 10.2. The highest BCUT2D eigenvalue weighted by Crippen LogP contribution is 2.28. The van der Waals surface area contributed by atoms with Crippen LogP contribution in [0.2, 0.25) is 0 Å². The molecule has 1 unspecified atom stereocenters. The van der Waals surface area contributed by atoms with Gasteiger partial charge in [-0.15, -0.1) is 0 Å². The van der Waals surface area contributed by atoms with Gasteiger partial charge in [-0.25, -0.2) is 8.42 Å². The standard InChI is InChI=1S/C10H13NO2S/c1-2-8-7-14(12,13)10-6-4-3-5-9(10)11-8/h3-6,8,11H,2,7H2,1H3. The predicted octanol–water partition coefficient (Wildman–Crippen LogP) is 1.66. The normalized spacial score (nSPS) is 23.6. The molecular formula is C10H13NO2S. The Morgan fingerprint density at radius 3 is 2.86 bits per heavy atom. The Morgan fingerprint density at radius 2 is 2.14 bits per heavy atom. The first-order chi connectivity index (χ1) is 6.63. The number of anilines is 1. The molecule has 0 amide bonds. The lowest BCUT2D eigenvalue weighted by molar-refractivity contribution is 0.583. The molecule has 0 saturated carbocycles. The van der Waals surface area contributed by atoms with Crippen molar-refractivity contribution in [3.63, 3.8) is 0 Å². The summed E-state index contributed by atoms with van der Waals surface area (Å²) < 4.78 is 23.6. The molecule has 1 aliphatic heterocycles. The number of nitrogens with one attached hydrogen (secondary N) is 1. The highest BCUT2D eigenvalue weighted by molar-refractivity contribution is 7.91. The van der Waals surface area contributed by atoms with Gasteiger partial charge in [-0.05, 0) is 18.6 Å². The molecule has 0 aromatic heterocycles. The summed E-state index contributed by atoms with van der Waals surface area (Å²) in [5.41, 5.74) is 0.741. The number of para-hydroxylation sites is 1. The van der Waals surface area contributed by atoms with Crippen LogP contribution in [-0.2, 0) is 9.84 Å². The Bertz CT molecular complexity index is 439. The Hall–Kier alpha value is -1.03. The van der Waals surface area contributed by atoms with Crippen molar-refractivity contribution >= 4 is 15.5 Å². The molecular weight excluding hydrogens is 198 g/mol. The third-order valence-electron chi connectivity index (χ3n) is 2.50. The third-order valence-corrected chi connectivity index (χ3v) is 4.36. The number of rotatable bonds is 1. The van der Waals surface area contributed by atoms with Crippen molar-refractivity contribution in [3.05, 3.63) is 24.3 Å². The molecule has 1 aromatic rings. The molecule has 1 aromatic carbocycles. The average Bonchev–Trinajstić information content (AvgIpc) is 2.17. The van der Waals surface area contributed by atoms with E-state index in [9.17, 15) is 8.42 Å². The maximum atomic E-state index is 11.8. The van der Waals surface area contributed by atoms with E-state index in [0.717, 1.165) is 12.1 Å². The van der Waals surface area contributed by atoms with Crippen molar-refractivity contribution < 1.29 is 8.42 Å². The topological polar surface area (TPSA) is 46.2 Å². The molecule has 1 heterocycles. The summed E-state index contributed by atoms with van der Waals surface area (Å²) in [5, 5.41) is 3.22. The van der Waals surface area contributed by atoms with Gasteiger partial charge >= 0.3 is 0 Å². The molecule has 0 saturated heterocycles. The first kappa shape index (κ1) is 9.52. The van der Waals surface area contributed by atoms with Gasteiger partial charge in [0.15, 0.2) is 9.84 Å². The molecule has 0 spiro atoms. The van der Waals surface area contributed by atoms with E-state index in [1.54, 1.807) is 12.1 Å². The lowest BCUT2D eigenvalue weighted by Gasteiger charge is -2.25. The first-order valence-corrected chi connectivity index (χ1v) is 6.37. The molecule has 1 N–H and O–H groups in total. The number of fused-ring (bicyclic) bond motifs is 1. The maximum absolute atomic E-state index is 11.8. The zero-order valence-electron chi connectivity index (χ0n) is 8.03. The number of hydrogen-bond acceptors (Lipinski definition) is 3. The predicted molar refractivity (Wildman–Crippen MR) is 56.2 cm³/mol. The smallest absolute Gasteiger partial charge is 0.182 e. The molecule has 4 heteroatoms. The van der Waals surface area contributed by atoms with E-state index in [1.807, 2.05) is 19.1 Å². The highest BCUT2D eigenvalue weighted by Gasteiger charge is 2.28. The summed E-state index contributed by atoms with van der Waals surface area (Å²) in [5.74, 6) is 0.209. The van der Waals surface area contributed by atoms with E-state index in [1.165, 1.54) is 0 Å². The van der Waals surface area contributed by atoms with Crippen molar-refractivity contribution in [1.82, 2.24) is 0 Å². The Morgan fingerprint density at radius 1 is 1.43 bits per heavy atom. The van der Waals surface area contributed by atoms with E-state index < -0.39 is 9.84 Å². The van der Waals surface area contributed by atoms with Crippen LogP contribution in [0.5, 0.6) is 0 Å². The molecule has 1 aliphatic rings. The molecule has 2 rings (SSSR count). The van der Waals surface area contributed by atoms with Crippen LogP contribution in [-0.4, -0.2) is 20.2 Å². The lowest BCUT2D eigenvalue weighted by Crippen LogP contribution is -2.33. The monoisotopic (exact) mass is 211 g/mol. The third kappa shape index (κ3) is 1.50. The highest BCUT2D eigenvalue weighted by atomic mass is 32.2. The minimum absolute atomic E-state index is 0.0508. The fourth-order valence-corrected chi connectivity index (χ4v) is 3.47. The van der Waals surface area contributed by atoms with Gasteiger partial charge in [0.2, 0.25) is 0 Å². The van der Waals surface area contributed by atoms with Crippen molar-refractivity contribution in [2.75, 3.05) is 11.1 Å².